The van der Waals surface area contributed by atoms with Gasteiger partial charge in [0.1, 0.15) is 0 Å². The van der Waals surface area contributed by atoms with Gasteiger partial charge in [-0.05, 0) is 26.0 Å². The van der Waals surface area contributed by atoms with Gasteiger partial charge in [-0.1, -0.05) is 12.1 Å². The molecule has 1 aromatic rings. The summed E-state index contributed by atoms with van der Waals surface area (Å²) < 4.78 is 26.2. The van der Waals surface area contributed by atoms with E-state index in [9.17, 15) is 18.4 Å². The van der Waals surface area contributed by atoms with Crippen LogP contribution in [0.5, 0.6) is 0 Å². The van der Waals surface area contributed by atoms with E-state index in [1.54, 1.807) is 18.2 Å². The van der Waals surface area contributed by atoms with Gasteiger partial charge in [-0.15, -0.1) is 11.8 Å². The third-order valence-corrected chi connectivity index (χ3v) is 3.82. The first-order valence-electron chi connectivity index (χ1n) is 7.12. The van der Waals surface area contributed by atoms with E-state index in [2.05, 4.69) is 10.6 Å². The highest BCUT2D eigenvalue weighted by atomic mass is 32.2. The molecule has 0 fully saturated rings. The Morgan fingerprint density at radius 1 is 1.30 bits per heavy atom. The zero-order valence-electron chi connectivity index (χ0n) is 13.1. The van der Waals surface area contributed by atoms with Gasteiger partial charge >= 0.3 is 0 Å². The molecule has 0 aromatic heterocycles. The lowest BCUT2D eigenvalue weighted by Crippen LogP contribution is -2.41. The second-order valence-corrected chi connectivity index (χ2v) is 6.27. The van der Waals surface area contributed by atoms with Crippen LogP contribution in [0.15, 0.2) is 29.2 Å². The molecule has 1 aromatic carbocycles. The van der Waals surface area contributed by atoms with Crippen molar-refractivity contribution in [1.82, 2.24) is 10.6 Å². The van der Waals surface area contributed by atoms with Crippen molar-refractivity contribution in [2.45, 2.75) is 30.7 Å². The second kappa shape index (κ2) is 8.83. The van der Waals surface area contributed by atoms with E-state index in [-0.39, 0.29) is 23.3 Å². The number of hydrogen-bond acceptors (Lipinski definition) is 4. The van der Waals surface area contributed by atoms with E-state index in [1.807, 2.05) is 13.8 Å². The minimum absolute atomic E-state index is 0.0279. The molecule has 0 saturated heterocycles. The fourth-order valence-electron chi connectivity index (χ4n) is 1.66. The lowest BCUT2D eigenvalue weighted by Gasteiger charge is -2.15. The summed E-state index contributed by atoms with van der Waals surface area (Å²) in [6, 6.07) is 6.57. The molecule has 0 aliphatic rings. The maximum absolute atomic E-state index is 13.1. The number of halogens is 2. The molecule has 0 radical (unpaired) electrons. The van der Waals surface area contributed by atoms with Gasteiger partial charge in [0.2, 0.25) is 5.91 Å². The number of hydrogen-bond donors (Lipinski definition) is 3. The van der Waals surface area contributed by atoms with Crippen LogP contribution in [0.4, 0.5) is 8.78 Å². The van der Waals surface area contributed by atoms with Crippen LogP contribution in [-0.2, 0) is 4.79 Å². The molecule has 0 bridgehead atoms. The Morgan fingerprint density at radius 2 is 1.96 bits per heavy atom. The SMILES string of the molecule is CC(C)NC(=O)CSc1ccccc1C(=O)NCC(F)(F)CN. The number of thioether (sulfide) groups is 1. The summed E-state index contributed by atoms with van der Waals surface area (Å²) in [4.78, 5) is 24.3. The first-order chi connectivity index (χ1) is 10.7. The lowest BCUT2D eigenvalue weighted by molar-refractivity contribution is -0.119. The van der Waals surface area contributed by atoms with Crippen LogP contribution in [0.2, 0.25) is 0 Å². The monoisotopic (exact) mass is 345 g/mol. The van der Waals surface area contributed by atoms with Gasteiger partial charge < -0.3 is 16.4 Å². The van der Waals surface area contributed by atoms with Crippen molar-refractivity contribution < 1.29 is 18.4 Å². The van der Waals surface area contributed by atoms with E-state index < -0.39 is 24.9 Å². The number of alkyl halides is 2. The predicted octanol–water partition coefficient (Wildman–Crippen LogP) is 1.63. The Balaban J connectivity index is 2.69. The molecule has 0 spiro atoms. The van der Waals surface area contributed by atoms with Gasteiger partial charge in [0.05, 0.1) is 24.4 Å². The summed E-state index contributed by atoms with van der Waals surface area (Å²) in [7, 11) is 0. The Kier molecular flexibility index (Phi) is 7.44. The average Bonchev–Trinajstić information content (AvgIpc) is 2.50. The summed E-state index contributed by atoms with van der Waals surface area (Å²) >= 11 is 1.18. The number of carbonyl (C=O) groups is 2. The minimum atomic E-state index is -3.14. The predicted molar refractivity (Wildman–Crippen MR) is 86.8 cm³/mol. The highest BCUT2D eigenvalue weighted by molar-refractivity contribution is 8.00. The van der Waals surface area contributed by atoms with Crippen LogP contribution < -0.4 is 16.4 Å². The van der Waals surface area contributed by atoms with Gasteiger partial charge in [-0.25, -0.2) is 8.78 Å². The summed E-state index contributed by atoms with van der Waals surface area (Å²) in [6.45, 7) is 2.04. The smallest absolute Gasteiger partial charge is 0.277 e. The van der Waals surface area contributed by atoms with Gasteiger partial charge in [-0.2, -0.15) is 0 Å². The summed E-state index contributed by atoms with van der Waals surface area (Å²) in [5.74, 6) is -3.78. The molecule has 128 valence electrons. The zero-order valence-corrected chi connectivity index (χ0v) is 13.9. The molecule has 0 aliphatic carbocycles. The van der Waals surface area contributed by atoms with Crippen molar-refractivity contribution in [2.24, 2.45) is 5.73 Å². The maximum Gasteiger partial charge on any atom is 0.277 e. The van der Waals surface area contributed by atoms with Crippen molar-refractivity contribution in [3.63, 3.8) is 0 Å². The largest absolute Gasteiger partial charge is 0.353 e. The Morgan fingerprint density at radius 3 is 2.57 bits per heavy atom. The standard InChI is InChI=1S/C15H21F2N3O2S/c1-10(2)20-13(21)7-23-12-6-4-3-5-11(12)14(22)19-9-15(16,17)8-18/h3-6,10H,7-9,18H2,1-2H3,(H,19,22)(H,20,21). The quantitative estimate of drug-likeness (QED) is 0.625. The highest BCUT2D eigenvalue weighted by Crippen LogP contribution is 2.22. The molecule has 0 heterocycles. The van der Waals surface area contributed by atoms with Crippen LogP contribution in [0.25, 0.3) is 0 Å². The average molecular weight is 345 g/mol. The fraction of sp³-hybridized carbons (Fsp3) is 0.467. The van der Waals surface area contributed by atoms with Crippen molar-refractivity contribution in [1.29, 1.82) is 0 Å². The first kappa shape index (κ1) is 19.4. The molecular weight excluding hydrogens is 324 g/mol. The molecule has 8 heteroatoms. The molecule has 1 rings (SSSR count). The molecule has 4 N–H and O–H groups in total. The van der Waals surface area contributed by atoms with Crippen LogP contribution in [0, 0.1) is 0 Å². The fourth-order valence-corrected chi connectivity index (χ4v) is 2.52. The van der Waals surface area contributed by atoms with E-state index in [0.717, 1.165) is 0 Å². The zero-order chi connectivity index (χ0) is 17.5. The van der Waals surface area contributed by atoms with E-state index in [4.69, 9.17) is 5.73 Å². The number of nitrogens with two attached hydrogens (primary N) is 1. The number of nitrogens with one attached hydrogen (secondary N) is 2. The Bertz CT molecular complexity index is 553. The van der Waals surface area contributed by atoms with Crippen molar-refractivity contribution in [3.05, 3.63) is 29.8 Å². The molecule has 23 heavy (non-hydrogen) atoms. The summed E-state index contributed by atoms with van der Waals surface area (Å²) in [5.41, 5.74) is 5.18. The maximum atomic E-state index is 13.1. The molecule has 0 saturated carbocycles. The molecule has 5 nitrogen and oxygen atoms in total. The number of rotatable bonds is 8. The van der Waals surface area contributed by atoms with E-state index in [1.165, 1.54) is 17.8 Å². The van der Waals surface area contributed by atoms with Gasteiger partial charge in [0.15, 0.2) is 0 Å². The number of carbonyl (C=O) groups excluding carboxylic acids is 2. The third kappa shape index (κ3) is 6.96. The molecule has 0 atom stereocenters. The number of benzene rings is 1. The number of amides is 2. The van der Waals surface area contributed by atoms with Crippen LogP contribution >= 0.6 is 11.8 Å². The first-order valence-corrected chi connectivity index (χ1v) is 8.11. The highest BCUT2D eigenvalue weighted by Gasteiger charge is 2.27. The van der Waals surface area contributed by atoms with Gasteiger partial charge in [0, 0.05) is 10.9 Å². The summed E-state index contributed by atoms with van der Waals surface area (Å²) in [6.07, 6.45) is 0. The lowest BCUT2D eigenvalue weighted by atomic mass is 10.2. The third-order valence-electron chi connectivity index (χ3n) is 2.75. The van der Waals surface area contributed by atoms with E-state index in [0.29, 0.717) is 4.90 Å². The second-order valence-electron chi connectivity index (χ2n) is 5.25. The van der Waals surface area contributed by atoms with Gasteiger partial charge in [-0.3, -0.25) is 9.59 Å². The summed E-state index contributed by atoms with van der Waals surface area (Å²) in [5, 5.41) is 4.91. The van der Waals surface area contributed by atoms with Crippen molar-refractivity contribution in [3.8, 4) is 0 Å². The minimum Gasteiger partial charge on any atom is -0.353 e. The van der Waals surface area contributed by atoms with Crippen LogP contribution in [-0.4, -0.2) is 42.6 Å². The molecular formula is C15H21F2N3O2S. The normalized spacial score (nSPS) is 11.4. The van der Waals surface area contributed by atoms with Crippen LogP contribution in [0.1, 0.15) is 24.2 Å². The van der Waals surface area contributed by atoms with E-state index >= 15 is 0 Å². The molecule has 2 amide bonds. The molecule has 0 unspecified atom stereocenters. The molecule has 0 aliphatic heterocycles. The van der Waals surface area contributed by atoms with Crippen LogP contribution in [0.3, 0.4) is 0 Å². The Labute approximate surface area is 138 Å². The Hall–Kier alpha value is -1.67. The van der Waals surface area contributed by atoms with Crippen molar-refractivity contribution >= 4 is 23.6 Å². The van der Waals surface area contributed by atoms with Gasteiger partial charge in [0.25, 0.3) is 11.8 Å². The van der Waals surface area contributed by atoms with Crippen molar-refractivity contribution in [2.75, 3.05) is 18.8 Å². The topological polar surface area (TPSA) is 84.2 Å².